The third-order valence-electron chi connectivity index (χ3n) is 5.04. The van der Waals surface area contributed by atoms with Crippen LogP contribution in [0.3, 0.4) is 0 Å². The summed E-state index contributed by atoms with van der Waals surface area (Å²) in [5.41, 5.74) is 5.64. The van der Waals surface area contributed by atoms with Gasteiger partial charge in [-0.25, -0.2) is 15.0 Å². The molecule has 0 aliphatic carbocycles. The summed E-state index contributed by atoms with van der Waals surface area (Å²) in [6, 6.07) is 20.3. The molecule has 0 unspecified atom stereocenters. The van der Waals surface area contributed by atoms with Crippen LogP contribution in [0.1, 0.15) is 0 Å². The van der Waals surface area contributed by atoms with Gasteiger partial charge in [0.25, 0.3) is 0 Å². The molecule has 0 radical (unpaired) electrons. The maximum absolute atomic E-state index is 5.43. The number of ether oxygens (including phenoxy) is 1. The van der Waals surface area contributed by atoms with Crippen molar-refractivity contribution in [2.24, 2.45) is 0 Å². The lowest BCUT2D eigenvalue weighted by molar-refractivity contribution is 0.122. The average Bonchev–Trinajstić information content (AvgIpc) is 2.81. The number of nitrogens with zero attached hydrogens (tertiary/aromatic N) is 4. The van der Waals surface area contributed by atoms with Crippen LogP contribution < -0.4 is 10.2 Å². The van der Waals surface area contributed by atoms with E-state index < -0.39 is 0 Å². The van der Waals surface area contributed by atoms with Crippen LogP contribution in [0.4, 0.5) is 17.2 Å². The molecule has 1 aliphatic rings. The normalized spacial score (nSPS) is 14.1. The Bertz CT molecular complexity index is 1110. The Labute approximate surface area is 169 Å². The van der Waals surface area contributed by atoms with E-state index in [9.17, 15) is 0 Å². The first-order chi connectivity index (χ1) is 14.4. The number of pyridine rings is 1. The molecule has 1 fully saturated rings. The second-order valence-corrected chi connectivity index (χ2v) is 6.92. The zero-order chi connectivity index (χ0) is 19.5. The summed E-state index contributed by atoms with van der Waals surface area (Å²) in [7, 11) is 0. The van der Waals surface area contributed by atoms with Crippen molar-refractivity contribution in [2.45, 2.75) is 0 Å². The molecule has 0 atom stereocenters. The van der Waals surface area contributed by atoms with E-state index in [1.165, 1.54) is 5.69 Å². The number of rotatable bonds is 4. The molecule has 1 N–H and O–H groups in total. The van der Waals surface area contributed by atoms with E-state index in [1.807, 2.05) is 36.4 Å². The molecule has 0 saturated carbocycles. The summed E-state index contributed by atoms with van der Waals surface area (Å²) >= 11 is 0. The third-order valence-corrected chi connectivity index (χ3v) is 5.04. The lowest BCUT2D eigenvalue weighted by Gasteiger charge is -2.28. The van der Waals surface area contributed by atoms with Crippen LogP contribution in [-0.4, -0.2) is 41.3 Å². The highest BCUT2D eigenvalue weighted by molar-refractivity contribution is 5.88. The summed E-state index contributed by atoms with van der Waals surface area (Å²) < 4.78 is 5.43. The molecule has 1 saturated heterocycles. The van der Waals surface area contributed by atoms with Crippen molar-refractivity contribution in [1.29, 1.82) is 0 Å². The second kappa shape index (κ2) is 7.85. The van der Waals surface area contributed by atoms with Gasteiger partial charge in [0.15, 0.2) is 5.82 Å². The molecule has 5 rings (SSSR count). The van der Waals surface area contributed by atoms with Crippen LogP contribution in [0.5, 0.6) is 0 Å². The lowest BCUT2D eigenvalue weighted by atomic mass is 10.1. The predicted octanol–water partition coefficient (Wildman–Crippen LogP) is 4.27. The fourth-order valence-electron chi connectivity index (χ4n) is 3.50. The molecule has 3 heterocycles. The summed E-state index contributed by atoms with van der Waals surface area (Å²) in [4.78, 5) is 16.2. The van der Waals surface area contributed by atoms with E-state index in [0.717, 1.165) is 54.3 Å². The lowest BCUT2D eigenvalue weighted by Crippen LogP contribution is -2.36. The summed E-state index contributed by atoms with van der Waals surface area (Å²) in [6.07, 6.45) is 3.56. The van der Waals surface area contributed by atoms with E-state index in [2.05, 4.69) is 44.5 Å². The Balaban J connectivity index is 1.40. The molecule has 2 aromatic heterocycles. The maximum Gasteiger partial charge on any atom is 0.158 e. The number of hydrogen-bond donors (Lipinski definition) is 1. The monoisotopic (exact) mass is 383 g/mol. The van der Waals surface area contributed by atoms with Crippen molar-refractivity contribution in [2.75, 3.05) is 36.5 Å². The number of hydrogen-bond acceptors (Lipinski definition) is 6. The molecule has 6 heteroatoms. The van der Waals surface area contributed by atoms with Crippen LogP contribution in [-0.2, 0) is 4.74 Å². The smallest absolute Gasteiger partial charge is 0.158 e. The van der Waals surface area contributed by atoms with Crippen molar-refractivity contribution in [1.82, 2.24) is 15.0 Å². The van der Waals surface area contributed by atoms with Crippen LogP contribution in [0.15, 0.2) is 73.1 Å². The summed E-state index contributed by atoms with van der Waals surface area (Å²) in [6.45, 7) is 3.42. The van der Waals surface area contributed by atoms with E-state index in [1.54, 1.807) is 12.4 Å². The van der Waals surface area contributed by atoms with Gasteiger partial charge in [-0.1, -0.05) is 30.3 Å². The van der Waals surface area contributed by atoms with Crippen molar-refractivity contribution < 1.29 is 4.74 Å². The largest absolute Gasteiger partial charge is 0.378 e. The summed E-state index contributed by atoms with van der Waals surface area (Å²) in [5, 5.41) is 3.38. The topological polar surface area (TPSA) is 63.2 Å². The minimum Gasteiger partial charge on any atom is -0.378 e. The van der Waals surface area contributed by atoms with Crippen molar-refractivity contribution >= 4 is 28.2 Å². The highest BCUT2D eigenvalue weighted by atomic mass is 16.5. The van der Waals surface area contributed by atoms with Gasteiger partial charge in [0.2, 0.25) is 0 Å². The zero-order valence-corrected chi connectivity index (χ0v) is 16.0. The quantitative estimate of drug-likeness (QED) is 0.568. The second-order valence-electron chi connectivity index (χ2n) is 6.92. The van der Waals surface area contributed by atoms with Gasteiger partial charge in [-0.05, 0) is 30.3 Å². The van der Waals surface area contributed by atoms with Crippen LogP contribution in [0.25, 0.3) is 22.3 Å². The maximum atomic E-state index is 5.43. The fraction of sp³-hybridized carbons (Fsp3) is 0.174. The molecule has 6 nitrogen and oxygen atoms in total. The number of fused-ring (bicyclic) bond motifs is 1. The fourth-order valence-corrected chi connectivity index (χ4v) is 3.50. The molecule has 0 bridgehead atoms. The number of aromatic nitrogens is 3. The SMILES string of the molecule is c1ccc(-c2cnc3c(Nc4ccc(N5CCOCC5)cc4)nccc3n2)cc1. The molecule has 29 heavy (non-hydrogen) atoms. The predicted molar refractivity (Wildman–Crippen MR) is 116 cm³/mol. The van der Waals surface area contributed by atoms with Gasteiger partial charge >= 0.3 is 0 Å². The Morgan fingerprint density at radius 2 is 1.66 bits per heavy atom. The Morgan fingerprint density at radius 3 is 2.45 bits per heavy atom. The first-order valence-corrected chi connectivity index (χ1v) is 9.74. The number of nitrogens with one attached hydrogen (secondary N) is 1. The number of benzene rings is 2. The van der Waals surface area contributed by atoms with Gasteiger partial charge in [-0.2, -0.15) is 0 Å². The van der Waals surface area contributed by atoms with Gasteiger partial charge < -0.3 is 15.0 Å². The highest BCUT2D eigenvalue weighted by Crippen LogP contribution is 2.26. The van der Waals surface area contributed by atoms with Crippen LogP contribution >= 0.6 is 0 Å². The molecular formula is C23H21N5O. The Morgan fingerprint density at radius 1 is 0.862 bits per heavy atom. The minimum absolute atomic E-state index is 0.703. The number of anilines is 3. The molecule has 0 amide bonds. The van der Waals surface area contributed by atoms with E-state index in [0.29, 0.717) is 5.82 Å². The van der Waals surface area contributed by atoms with E-state index in [-0.39, 0.29) is 0 Å². The van der Waals surface area contributed by atoms with Gasteiger partial charge in [0.05, 0.1) is 30.6 Å². The van der Waals surface area contributed by atoms with E-state index >= 15 is 0 Å². The number of morpholine rings is 1. The molecule has 144 valence electrons. The van der Waals surface area contributed by atoms with Gasteiger partial charge in [-0.15, -0.1) is 0 Å². The molecule has 2 aromatic carbocycles. The first-order valence-electron chi connectivity index (χ1n) is 9.74. The standard InChI is InChI=1S/C23H21N5O/c1-2-4-17(5-3-1)21-16-25-22-20(27-21)10-11-24-23(22)26-18-6-8-19(9-7-18)28-12-14-29-15-13-28/h1-11,16H,12-15H2,(H,24,26). The Hall–Kier alpha value is -3.51. The third kappa shape index (κ3) is 3.75. The molecule has 0 spiro atoms. The summed E-state index contributed by atoms with van der Waals surface area (Å²) in [5.74, 6) is 0.703. The van der Waals surface area contributed by atoms with Crippen LogP contribution in [0, 0.1) is 0 Å². The molecule has 4 aromatic rings. The van der Waals surface area contributed by atoms with Gasteiger partial charge in [0.1, 0.15) is 5.52 Å². The van der Waals surface area contributed by atoms with Gasteiger partial charge in [0, 0.05) is 36.2 Å². The highest BCUT2D eigenvalue weighted by Gasteiger charge is 2.12. The van der Waals surface area contributed by atoms with Gasteiger partial charge in [-0.3, -0.25) is 0 Å². The van der Waals surface area contributed by atoms with Crippen molar-refractivity contribution in [3.05, 3.63) is 73.1 Å². The molecular weight excluding hydrogens is 362 g/mol. The first kappa shape index (κ1) is 17.6. The van der Waals surface area contributed by atoms with Crippen molar-refractivity contribution in [3.63, 3.8) is 0 Å². The van der Waals surface area contributed by atoms with E-state index in [4.69, 9.17) is 9.72 Å². The average molecular weight is 383 g/mol. The minimum atomic E-state index is 0.703. The Kier molecular flexibility index (Phi) is 4.76. The zero-order valence-electron chi connectivity index (χ0n) is 16.0. The molecule has 1 aliphatic heterocycles. The van der Waals surface area contributed by atoms with Crippen molar-refractivity contribution in [3.8, 4) is 11.3 Å². The van der Waals surface area contributed by atoms with Crippen LogP contribution in [0.2, 0.25) is 0 Å².